The molecule has 0 aliphatic carbocycles. The van der Waals surface area contributed by atoms with Gasteiger partial charge in [-0.15, -0.1) is 0 Å². The standard InChI is InChI=1S/C23H22N4O5/c1-28-16-10-11-17(18-12-13-19(29-2)22(31-4)21(18)30-3)20(14-16)32-23-24-25-26-27(23)15-8-6-5-7-9-15/h5-14H,1-4H3. The Bertz CT molecular complexity index is 1210. The summed E-state index contributed by atoms with van der Waals surface area (Å²) in [6.07, 6.45) is 0. The van der Waals surface area contributed by atoms with Crippen LogP contribution in [0.3, 0.4) is 0 Å². The molecule has 164 valence electrons. The SMILES string of the molecule is COc1ccc(-c2ccc(OC)c(OC)c2OC)c(Oc2nnnn2-c2ccccc2)c1. The third-order valence-electron chi connectivity index (χ3n) is 4.83. The lowest BCUT2D eigenvalue weighted by molar-refractivity contribution is 0.325. The van der Waals surface area contributed by atoms with Gasteiger partial charge in [-0.25, -0.2) is 0 Å². The van der Waals surface area contributed by atoms with E-state index in [4.69, 9.17) is 23.7 Å². The van der Waals surface area contributed by atoms with Gasteiger partial charge < -0.3 is 23.7 Å². The first-order valence-electron chi connectivity index (χ1n) is 9.69. The van der Waals surface area contributed by atoms with E-state index in [0.29, 0.717) is 28.7 Å². The van der Waals surface area contributed by atoms with E-state index in [1.807, 2.05) is 48.5 Å². The second-order valence-corrected chi connectivity index (χ2v) is 6.55. The van der Waals surface area contributed by atoms with Gasteiger partial charge in [-0.3, -0.25) is 0 Å². The fraction of sp³-hybridized carbons (Fsp3) is 0.174. The highest BCUT2D eigenvalue weighted by atomic mass is 16.5. The fourth-order valence-corrected chi connectivity index (χ4v) is 3.32. The zero-order valence-corrected chi connectivity index (χ0v) is 18.1. The summed E-state index contributed by atoms with van der Waals surface area (Å²) >= 11 is 0. The van der Waals surface area contributed by atoms with E-state index in [-0.39, 0.29) is 6.01 Å². The molecular formula is C23H22N4O5. The van der Waals surface area contributed by atoms with Crippen LogP contribution < -0.4 is 23.7 Å². The van der Waals surface area contributed by atoms with E-state index in [2.05, 4.69) is 15.5 Å². The predicted octanol–water partition coefficient (Wildman–Crippen LogP) is 4.16. The highest BCUT2D eigenvalue weighted by Gasteiger charge is 2.21. The third kappa shape index (κ3) is 3.87. The normalized spacial score (nSPS) is 10.5. The van der Waals surface area contributed by atoms with Crippen molar-refractivity contribution in [1.82, 2.24) is 20.2 Å². The Balaban J connectivity index is 1.84. The fourth-order valence-electron chi connectivity index (χ4n) is 3.32. The van der Waals surface area contributed by atoms with Gasteiger partial charge in [0.15, 0.2) is 11.5 Å². The van der Waals surface area contributed by atoms with Crippen LogP contribution in [0.5, 0.6) is 34.8 Å². The average molecular weight is 434 g/mol. The van der Waals surface area contributed by atoms with Crippen LogP contribution in [0.1, 0.15) is 0 Å². The van der Waals surface area contributed by atoms with Gasteiger partial charge in [0.1, 0.15) is 11.5 Å². The first-order chi connectivity index (χ1) is 15.7. The third-order valence-corrected chi connectivity index (χ3v) is 4.83. The molecule has 9 nitrogen and oxygen atoms in total. The molecule has 0 atom stereocenters. The van der Waals surface area contributed by atoms with Gasteiger partial charge in [0.2, 0.25) is 5.75 Å². The molecule has 0 aliphatic heterocycles. The lowest BCUT2D eigenvalue weighted by Gasteiger charge is -2.18. The zero-order valence-electron chi connectivity index (χ0n) is 18.1. The number of ether oxygens (including phenoxy) is 5. The van der Waals surface area contributed by atoms with Crippen LogP contribution in [0.2, 0.25) is 0 Å². The highest BCUT2D eigenvalue weighted by molar-refractivity contribution is 5.81. The molecular weight excluding hydrogens is 412 g/mol. The second-order valence-electron chi connectivity index (χ2n) is 6.55. The molecule has 0 bridgehead atoms. The number of para-hydroxylation sites is 1. The van der Waals surface area contributed by atoms with Gasteiger partial charge in [0.05, 0.1) is 34.1 Å². The van der Waals surface area contributed by atoms with Crippen LogP contribution in [0.15, 0.2) is 60.7 Å². The Morgan fingerprint density at radius 1 is 0.688 bits per heavy atom. The summed E-state index contributed by atoms with van der Waals surface area (Å²) in [4.78, 5) is 0. The van der Waals surface area contributed by atoms with Crippen molar-refractivity contribution in [2.45, 2.75) is 0 Å². The number of rotatable bonds is 8. The smallest absolute Gasteiger partial charge is 0.345 e. The molecule has 9 heteroatoms. The minimum absolute atomic E-state index is 0.199. The number of aromatic nitrogens is 4. The summed E-state index contributed by atoms with van der Waals surface area (Å²) in [6, 6.07) is 18.8. The molecule has 0 N–H and O–H groups in total. The topological polar surface area (TPSA) is 89.8 Å². The molecule has 1 heterocycles. The second kappa shape index (κ2) is 9.25. The zero-order chi connectivity index (χ0) is 22.5. The van der Waals surface area contributed by atoms with Crippen LogP contribution in [0.4, 0.5) is 0 Å². The number of tetrazole rings is 1. The summed E-state index contributed by atoms with van der Waals surface area (Å²) in [5.74, 6) is 2.62. The summed E-state index contributed by atoms with van der Waals surface area (Å²) in [5.41, 5.74) is 2.23. The van der Waals surface area contributed by atoms with Crippen LogP contribution in [0, 0.1) is 0 Å². The molecule has 0 saturated heterocycles. The Hall–Kier alpha value is -4.27. The lowest BCUT2D eigenvalue weighted by atomic mass is 10.0. The summed E-state index contributed by atoms with van der Waals surface area (Å²) in [6.45, 7) is 0. The van der Waals surface area contributed by atoms with Gasteiger partial charge in [0, 0.05) is 17.2 Å². The Morgan fingerprint density at radius 3 is 2.12 bits per heavy atom. The minimum atomic E-state index is 0.199. The Labute approximate surface area is 185 Å². The van der Waals surface area contributed by atoms with Crippen molar-refractivity contribution in [3.05, 3.63) is 60.7 Å². The molecule has 0 fully saturated rings. The number of nitrogens with zero attached hydrogens (tertiary/aromatic N) is 4. The first-order valence-corrected chi connectivity index (χ1v) is 9.69. The van der Waals surface area contributed by atoms with Gasteiger partial charge in [-0.1, -0.05) is 23.3 Å². The maximum atomic E-state index is 6.18. The lowest BCUT2D eigenvalue weighted by Crippen LogP contribution is -2.02. The van der Waals surface area contributed by atoms with E-state index in [0.717, 1.165) is 16.8 Å². The van der Waals surface area contributed by atoms with E-state index >= 15 is 0 Å². The van der Waals surface area contributed by atoms with Gasteiger partial charge in [0.25, 0.3) is 0 Å². The van der Waals surface area contributed by atoms with Gasteiger partial charge >= 0.3 is 6.01 Å². The van der Waals surface area contributed by atoms with Gasteiger partial charge in [-0.05, 0) is 46.8 Å². The summed E-state index contributed by atoms with van der Waals surface area (Å²) < 4.78 is 29.7. The maximum absolute atomic E-state index is 6.18. The largest absolute Gasteiger partial charge is 0.497 e. The predicted molar refractivity (Wildman–Crippen MR) is 117 cm³/mol. The van der Waals surface area contributed by atoms with Crippen molar-refractivity contribution in [2.75, 3.05) is 28.4 Å². The van der Waals surface area contributed by atoms with Crippen molar-refractivity contribution in [3.8, 4) is 51.6 Å². The van der Waals surface area contributed by atoms with E-state index in [9.17, 15) is 0 Å². The quantitative estimate of drug-likeness (QED) is 0.408. The number of hydrogen-bond donors (Lipinski definition) is 0. The van der Waals surface area contributed by atoms with E-state index < -0.39 is 0 Å². The molecule has 0 unspecified atom stereocenters. The molecule has 0 amide bonds. The van der Waals surface area contributed by atoms with Crippen molar-refractivity contribution < 1.29 is 23.7 Å². The number of methoxy groups -OCH3 is 4. The summed E-state index contributed by atoms with van der Waals surface area (Å²) in [7, 11) is 6.29. The molecule has 0 radical (unpaired) electrons. The molecule has 3 aromatic carbocycles. The van der Waals surface area contributed by atoms with Crippen LogP contribution in [-0.2, 0) is 0 Å². The van der Waals surface area contributed by atoms with Crippen molar-refractivity contribution in [2.24, 2.45) is 0 Å². The van der Waals surface area contributed by atoms with Crippen LogP contribution in [-0.4, -0.2) is 48.6 Å². The summed E-state index contributed by atoms with van der Waals surface area (Å²) in [5, 5.41) is 11.9. The van der Waals surface area contributed by atoms with Gasteiger partial charge in [-0.2, -0.15) is 4.68 Å². The minimum Gasteiger partial charge on any atom is -0.497 e. The molecule has 4 aromatic rings. The van der Waals surface area contributed by atoms with Crippen molar-refractivity contribution in [3.63, 3.8) is 0 Å². The average Bonchev–Trinajstić information content (AvgIpc) is 3.31. The van der Waals surface area contributed by atoms with Crippen LogP contribution in [0.25, 0.3) is 16.8 Å². The molecule has 0 saturated carbocycles. The molecule has 4 rings (SSSR count). The first kappa shape index (κ1) is 21.0. The highest BCUT2D eigenvalue weighted by Crippen LogP contribution is 2.47. The Kier molecular flexibility index (Phi) is 6.07. The maximum Gasteiger partial charge on any atom is 0.345 e. The van der Waals surface area contributed by atoms with Crippen molar-refractivity contribution >= 4 is 0 Å². The van der Waals surface area contributed by atoms with E-state index in [1.54, 1.807) is 40.6 Å². The number of benzene rings is 3. The molecule has 0 aliphatic rings. The Morgan fingerprint density at radius 2 is 1.44 bits per heavy atom. The molecule has 1 aromatic heterocycles. The van der Waals surface area contributed by atoms with Crippen molar-refractivity contribution in [1.29, 1.82) is 0 Å². The molecule has 32 heavy (non-hydrogen) atoms. The number of hydrogen-bond acceptors (Lipinski definition) is 8. The van der Waals surface area contributed by atoms with Crippen LogP contribution >= 0.6 is 0 Å². The van der Waals surface area contributed by atoms with E-state index in [1.165, 1.54) is 4.68 Å². The monoisotopic (exact) mass is 434 g/mol. The molecule has 0 spiro atoms.